The molecule has 0 bridgehead atoms. The van der Waals surface area contributed by atoms with E-state index >= 15 is 0 Å². The molecule has 0 fully saturated rings. The fraction of sp³-hybridized carbons (Fsp3) is 0.471. The van der Waals surface area contributed by atoms with Gasteiger partial charge in [-0.2, -0.15) is 0 Å². The minimum Gasteiger partial charge on any atom is -0.383 e. The van der Waals surface area contributed by atoms with Crippen LogP contribution in [0.2, 0.25) is 0 Å². The van der Waals surface area contributed by atoms with Gasteiger partial charge in [-0.05, 0) is 39.3 Å². The number of aromatic nitrogens is 2. The van der Waals surface area contributed by atoms with Crippen molar-refractivity contribution in [2.45, 2.75) is 53.0 Å². The minimum atomic E-state index is -0.233. The normalized spacial score (nSPS) is 12.2. The fourth-order valence-electron chi connectivity index (χ4n) is 2.50. The zero-order valence-corrected chi connectivity index (χ0v) is 13.7. The number of rotatable bonds is 2. The molecule has 0 radical (unpaired) electrons. The Labute approximate surface area is 126 Å². The van der Waals surface area contributed by atoms with Crippen molar-refractivity contribution < 1.29 is 4.39 Å². The van der Waals surface area contributed by atoms with Gasteiger partial charge in [0.1, 0.15) is 23.2 Å². The highest BCUT2D eigenvalue weighted by atomic mass is 19.1. The molecule has 3 nitrogen and oxygen atoms in total. The van der Waals surface area contributed by atoms with E-state index in [2.05, 4.69) is 39.6 Å². The predicted molar refractivity (Wildman–Crippen MR) is 85.9 cm³/mol. The molecule has 2 aromatic rings. The summed E-state index contributed by atoms with van der Waals surface area (Å²) in [5.41, 5.74) is 8.16. The van der Waals surface area contributed by atoms with E-state index in [1.165, 1.54) is 6.07 Å². The average molecular weight is 289 g/mol. The van der Waals surface area contributed by atoms with Crippen LogP contribution in [0, 0.1) is 12.7 Å². The van der Waals surface area contributed by atoms with Crippen LogP contribution in [0.4, 0.5) is 10.2 Å². The van der Waals surface area contributed by atoms with Gasteiger partial charge in [0.25, 0.3) is 0 Å². The molecule has 0 atom stereocenters. The van der Waals surface area contributed by atoms with E-state index in [0.29, 0.717) is 17.1 Å². The van der Waals surface area contributed by atoms with Crippen LogP contribution >= 0.6 is 0 Å². The summed E-state index contributed by atoms with van der Waals surface area (Å²) in [6.45, 7) is 12.2. The molecule has 1 aromatic heterocycles. The SMILES string of the molecule is Cc1ccc(-c2nc(C(C)C)n(C(C)(C)C)c2N)cc1F. The summed E-state index contributed by atoms with van der Waals surface area (Å²) in [6, 6.07) is 5.13. The number of nitrogen functional groups attached to an aromatic ring is 1. The van der Waals surface area contributed by atoms with E-state index < -0.39 is 0 Å². The molecule has 0 saturated carbocycles. The summed E-state index contributed by atoms with van der Waals surface area (Å²) < 4.78 is 15.9. The maximum absolute atomic E-state index is 13.8. The highest BCUT2D eigenvalue weighted by Gasteiger charge is 2.26. The molecule has 114 valence electrons. The standard InChI is InChI=1S/C17H24FN3/c1-10(2)16-20-14(15(19)21(16)17(4,5)6)12-8-7-11(3)13(18)9-12/h7-10H,19H2,1-6H3. The summed E-state index contributed by atoms with van der Waals surface area (Å²) in [4.78, 5) is 4.69. The van der Waals surface area contributed by atoms with Crippen LogP contribution in [0.1, 0.15) is 51.9 Å². The number of nitrogens with zero attached hydrogens (tertiary/aromatic N) is 2. The molecule has 0 aliphatic carbocycles. The fourth-order valence-corrected chi connectivity index (χ4v) is 2.50. The Morgan fingerprint density at radius 2 is 1.86 bits per heavy atom. The van der Waals surface area contributed by atoms with Crippen LogP contribution in [0.25, 0.3) is 11.3 Å². The van der Waals surface area contributed by atoms with E-state index in [9.17, 15) is 4.39 Å². The summed E-state index contributed by atoms with van der Waals surface area (Å²) in [7, 11) is 0. The molecule has 21 heavy (non-hydrogen) atoms. The van der Waals surface area contributed by atoms with Crippen LogP contribution in [0.3, 0.4) is 0 Å². The monoisotopic (exact) mass is 289 g/mol. The first kappa shape index (κ1) is 15.5. The first-order valence-corrected chi connectivity index (χ1v) is 7.28. The second kappa shape index (κ2) is 5.17. The Bertz CT molecular complexity index is 663. The van der Waals surface area contributed by atoms with Crippen LogP contribution in [-0.4, -0.2) is 9.55 Å². The molecule has 1 heterocycles. The van der Waals surface area contributed by atoms with Crippen LogP contribution < -0.4 is 5.73 Å². The van der Waals surface area contributed by atoms with Gasteiger partial charge in [-0.25, -0.2) is 9.37 Å². The third kappa shape index (κ3) is 2.80. The zero-order valence-electron chi connectivity index (χ0n) is 13.7. The molecular formula is C17H24FN3. The lowest BCUT2D eigenvalue weighted by atomic mass is 10.1. The highest BCUT2D eigenvalue weighted by molar-refractivity contribution is 5.71. The summed E-state index contributed by atoms with van der Waals surface area (Å²) in [6.07, 6.45) is 0. The van der Waals surface area contributed by atoms with Gasteiger partial charge in [0.05, 0.1) is 0 Å². The Morgan fingerprint density at radius 1 is 1.24 bits per heavy atom. The third-order valence-corrected chi connectivity index (χ3v) is 3.57. The smallest absolute Gasteiger partial charge is 0.132 e. The van der Waals surface area contributed by atoms with Crippen molar-refractivity contribution in [2.24, 2.45) is 0 Å². The lowest BCUT2D eigenvalue weighted by Gasteiger charge is -2.26. The van der Waals surface area contributed by atoms with Crippen LogP contribution in [-0.2, 0) is 5.54 Å². The summed E-state index contributed by atoms with van der Waals surface area (Å²) >= 11 is 0. The molecule has 0 aliphatic heterocycles. The Balaban J connectivity index is 2.68. The number of nitrogens with two attached hydrogens (primary N) is 1. The van der Waals surface area contributed by atoms with Crippen molar-refractivity contribution in [3.05, 3.63) is 35.4 Å². The second-order valence-corrected chi connectivity index (χ2v) is 6.83. The molecule has 0 spiro atoms. The Kier molecular flexibility index (Phi) is 3.83. The quantitative estimate of drug-likeness (QED) is 0.887. The van der Waals surface area contributed by atoms with Gasteiger partial charge in [-0.15, -0.1) is 0 Å². The summed E-state index contributed by atoms with van der Waals surface area (Å²) in [5.74, 6) is 1.53. The van der Waals surface area contributed by atoms with Gasteiger partial charge in [-0.3, -0.25) is 0 Å². The molecular weight excluding hydrogens is 265 g/mol. The van der Waals surface area contributed by atoms with E-state index in [4.69, 9.17) is 5.73 Å². The molecule has 1 aromatic carbocycles. The van der Waals surface area contributed by atoms with E-state index in [1.54, 1.807) is 13.0 Å². The minimum absolute atomic E-state index is 0.168. The van der Waals surface area contributed by atoms with Gasteiger partial charge in [-0.1, -0.05) is 26.0 Å². The van der Waals surface area contributed by atoms with Crippen LogP contribution in [0.5, 0.6) is 0 Å². The zero-order chi connectivity index (χ0) is 15.9. The topological polar surface area (TPSA) is 43.8 Å². The molecule has 2 rings (SSSR count). The predicted octanol–water partition coefficient (Wildman–Crippen LogP) is 4.46. The number of imidazole rings is 1. The van der Waals surface area contributed by atoms with Crippen molar-refractivity contribution in [3.63, 3.8) is 0 Å². The number of hydrogen-bond acceptors (Lipinski definition) is 2. The van der Waals surface area contributed by atoms with Crippen molar-refractivity contribution in [1.82, 2.24) is 9.55 Å². The first-order valence-electron chi connectivity index (χ1n) is 7.28. The number of aryl methyl sites for hydroxylation is 1. The molecule has 0 aliphatic rings. The summed E-state index contributed by atoms with van der Waals surface area (Å²) in [5, 5.41) is 0. The molecule has 0 unspecified atom stereocenters. The maximum atomic E-state index is 13.8. The van der Waals surface area contributed by atoms with Gasteiger partial charge in [0, 0.05) is 17.0 Å². The largest absolute Gasteiger partial charge is 0.383 e. The van der Waals surface area contributed by atoms with Gasteiger partial charge >= 0.3 is 0 Å². The third-order valence-electron chi connectivity index (χ3n) is 3.57. The van der Waals surface area contributed by atoms with Gasteiger partial charge in [0.2, 0.25) is 0 Å². The van der Waals surface area contributed by atoms with Gasteiger partial charge in [0.15, 0.2) is 0 Å². The molecule has 0 saturated heterocycles. The molecule has 0 amide bonds. The van der Waals surface area contributed by atoms with Gasteiger partial charge < -0.3 is 10.3 Å². The maximum Gasteiger partial charge on any atom is 0.132 e. The molecule has 4 heteroatoms. The van der Waals surface area contributed by atoms with Crippen molar-refractivity contribution in [3.8, 4) is 11.3 Å². The molecule has 2 N–H and O–H groups in total. The Hall–Kier alpha value is -1.84. The number of halogens is 1. The number of anilines is 1. The van der Waals surface area contributed by atoms with Crippen molar-refractivity contribution >= 4 is 5.82 Å². The lowest BCUT2D eigenvalue weighted by Crippen LogP contribution is -2.26. The second-order valence-electron chi connectivity index (χ2n) is 6.83. The van der Waals surface area contributed by atoms with E-state index in [0.717, 1.165) is 11.4 Å². The van der Waals surface area contributed by atoms with E-state index in [1.807, 2.05) is 10.6 Å². The highest BCUT2D eigenvalue weighted by Crippen LogP contribution is 2.34. The average Bonchev–Trinajstić information content (AvgIpc) is 2.70. The van der Waals surface area contributed by atoms with Crippen molar-refractivity contribution in [2.75, 3.05) is 5.73 Å². The Morgan fingerprint density at radius 3 is 2.29 bits per heavy atom. The number of hydrogen-bond donors (Lipinski definition) is 1. The lowest BCUT2D eigenvalue weighted by molar-refractivity contribution is 0.382. The first-order chi connectivity index (χ1) is 9.62. The van der Waals surface area contributed by atoms with Crippen molar-refractivity contribution in [1.29, 1.82) is 0 Å². The van der Waals surface area contributed by atoms with E-state index in [-0.39, 0.29) is 17.3 Å². The number of benzene rings is 1. The van der Waals surface area contributed by atoms with Crippen LogP contribution in [0.15, 0.2) is 18.2 Å².